The number of aromatic nitrogens is 2. The molecule has 0 radical (unpaired) electrons. The first-order chi connectivity index (χ1) is 15.6. The number of nitrogens with zero attached hydrogens (tertiary/aromatic N) is 2. The van der Waals surface area contributed by atoms with Crippen molar-refractivity contribution in [2.75, 3.05) is 14.2 Å². The van der Waals surface area contributed by atoms with Crippen molar-refractivity contribution in [2.45, 2.75) is 26.1 Å². The van der Waals surface area contributed by atoms with Crippen LogP contribution in [-0.2, 0) is 6.18 Å². The molecule has 33 heavy (non-hydrogen) atoms. The Kier molecular flexibility index (Phi) is 6.75. The summed E-state index contributed by atoms with van der Waals surface area (Å²) in [4.78, 5) is 25.3. The van der Waals surface area contributed by atoms with Gasteiger partial charge < -0.3 is 14.8 Å². The highest BCUT2D eigenvalue weighted by molar-refractivity contribution is 5.92. The summed E-state index contributed by atoms with van der Waals surface area (Å²) in [5.41, 5.74) is -1.70. The number of para-hydroxylation sites is 1. The lowest BCUT2D eigenvalue weighted by atomic mass is 10.1. The zero-order valence-corrected chi connectivity index (χ0v) is 18.4. The smallest absolute Gasteiger partial charge is 0.418 e. The van der Waals surface area contributed by atoms with Crippen LogP contribution in [0.3, 0.4) is 0 Å². The number of amides is 1. The highest BCUT2D eigenvalue weighted by Gasteiger charge is 2.34. The Morgan fingerprint density at radius 2 is 1.79 bits per heavy atom. The number of nitrogens with one attached hydrogen (secondary N) is 1. The van der Waals surface area contributed by atoms with Crippen LogP contribution in [0.2, 0.25) is 0 Å². The molecule has 1 unspecified atom stereocenters. The van der Waals surface area contributed by atoms with Gasteiger partial charge in [0.2, 0.25) is 5.43 Å². The van der Waals surface area contributed by atoms with Crippen LogP contribution in [0.1, 0.15) is 40.3 Å². The van der Waals surface area contributed by atoms with Gasteiger partial charge in [-0.1, -0.05) is 12.1 Å². The maximum absolute atomic E-state index is 13.5. The van der Waals surface area contributed by atoms with Crippen LogP contribution in [0.4, 0.5) is 13.2 Å². The molecule has 7 nitrogen and oxygen atoms in total. The van der Waals surface area contributed by atoms with Gasteiger partial charge in [-0.25, -0.2) is 4.68 Å². The fourth-order valence-corrected chi connectivity index (χ4v) is 3.37. The summed E-state index contributed by atoms with van der Waals surface area (Å²) in [5, 5.41) is 6.62. The lowest BCUT2D eigenvalue weighted by molar-refractivity contribution is -0.137. The molecule has 0 saturated heterocycles. The molecular weight excluding hydrogens is 439 g/mol. The van der Waals surface area contributed by atoms with Gasteiger partial charge in [-0.15, -0.1) is 0 Å². The molecule has 0 aliphatic carbocycles. The number of hydrogen-bond acceptors (Lipinski definition) is 5. The fourth-order valence-electron chi connectivity index (χ4n) is 3.37. The van der Waals surface area contributed by atoms with Gasteiger partial charge in [-0.2, -0.15) is 18.3 Å². The Bertz CT molecular complexity index is 1240. The summed E-state index contributed by atoms with van der Waals surface area (Å²) >= 11 is 0. The number of rotatable bonds is 6. The van der Waals surface area contributed by atoms with E-state index < -0.39 is 34.8 Å². The molecule has 3 rings (SSSR count). The second-order valence-electron chi connectivity index (χ2n) is 7.23. The molecule has 1 aromatic heterocycles. The number of aryl methyl sites for hydroxylation is 1. The SMILES string of the molecule is COc1ccc(C(C)NC(=O)c2nn(-c3ccccc3C(F)(F)F)c(C)cc2=O)c(OC)c1. The number of benzene rings is 2. The average Bonchev–Trinajstić information content (AvgIpc) is 2.77. The predicted molar refractivity (Wildman–Crippen MR) is 115 cm³/mol. The third-order valence-electron chi connectivity index (χ3n) is 5.01. The summed E-state index contributed by atoms with van der Waals surface area (Å²) in [6.45, 7) is 3.11. The van der Waals surface area contributed by atoms with Crippen molar-refractivity contribution < 1.29 is 27.4 Å². The number of alkyl halides is 3. The molecule has 0 aliphatic rings. The maximum atomic E-state index is 13.5. The predicted octanol–water partition coefficient (Wildman–Crippen LogP) is 4.07. The molecule has 174 valence electrons. The topological polar surface area (TPSA) is 82.5 Å². The molecule has 0 fully saturated rings. The summed E-state index contributed by atoms with van der Waals surface area (Å²) in [6, 6.07) is 10.3. The lowest BCUT2D eigenvalue weighted by Gasteiger charge is -2.19. The Morgan fingerprint density at radius 3 is 2.42 bits per heavy atom. The normalized spacial score (nSPS) is 12.2. The van der Waals surface area contributed by atoms with Crippen LogP contribution in [0, 0.1) is 6.92 Å². The molecule has 0 saturated carbocycles. The molecule has 0 spiro atoms. The van der Waals surface area contributed by atoms with Crippen LogP contribution in [0.25, 0.3) is 5.69 Å². The van der Waals surface area contributed by atoms with E-state index in [0.717, 1.165) is 16.8 Å². The first-order valence-corrected chi connectivity index (χ1v) is 9.87. The van der Waals surface area contributed by atoms with Gasteiger partial charge in [-0.05, 0) is 38.1 Å². The van der Waals surface area contributed by atoms with Gasteiger partial charge >= 0.3 is 6.18 Å². The van der Waals surface area contributed by atoms with Crippen molar-refractivity contribution in [3.63, 3.8) is 0 Å². The third kappa shape index (κ3) is 5.00. The number of halogens is 3. The van der Waals surface area contributed by atoms with Crippen molar-refractivity contribution >= 4 is 5.91 Å². The van der Waals surface area contributed by atoms with Crippen molar-refractivity contribution in [1.82, 2.24) is 15.1 Å². The molecular formula is C23H22F3N3O4. The van der Waals surface area contributed by atoms with Crippen LogP contribution in [-0.4, -0.2) is 29.9 Å². The van der Waals surface area contributed by atoms with Crippen molar-refractivity contribution in [3.8, 4) is 17.2 Å². The van der Waals surface area contributed by atoms with E-state index in [2.05, 4.69) is 10.4 Å². The fraction of sp³-hybridized carbons (Fsp3) is 0.261. The van der Waals surface area contributed by atoms with Gasteiger partial charge in [0.25, 0.3) is 5.91 Å². The van der Waals surface area contributed by atoms with Crippen molar-refractivity contribution in [1.29, 1.82) is 0 Å². The number of hydrogen-bond donors (Lipinski definition) is 1. The molecule has 0 bridgehead atoms. The number of carbonyl (C=O) groups excluding carboxylic acids is 1. The first kappa shape index (κ1) is 23.8. The molecule has 0 aliphatic heterocycles. The second-order valence-corrected chi connectivity index (χ2v) is 7.23. The van der Waals surface area contributed by atoms with Gasteiger partial charge in [0.1, 0.15) is 11.5 Å². The van der Waals surface area contributed by atoms with Gasteiger partial charge in [0, 0.05) is 23.4 Å². The Hall–Kier alpha value is -3.82. The van der Waals surface area contributed by atoms with E-state index in [-0.39, 0.29) is 11.4 Å². The Labute approximate surface area is 187 Å². The Balaban J connectivity index is 1.99. The van der Waals surface area contributed by atoms with Crippen LogP contribution < -0.4 is 20.2 Å². The molecule has 1 amide bonds. The number of carbonyl (C=O) groups is 1. The maximum Gasteiger partial charge on any atom is 0.418 e. The molecule has 3 aromatic rings. The van der Waals surface area contributed by atoms with E-state index in [4.69, 9.17) is 9.47 Å². The van der Waals surface area contributed by atoms with E-state index in [1.807, 2.05) is 0 Å². The minimum Gasteiger partial charge on any atom is -0.497 e. The molecule has 2 aromatic carbocycles. The number of methoxy groups -OCH3 is 2. The van der Waals surface area contributed by atoms with Crippen LogP contribution >= 0.6 is 0 Å². The van der Waals surface area contributed by atoms with Crippen LogP contribution in [0.15, 0.2) is 53.3 Å². The minimum absolute atomic E-state index is 0.151. The van der Waals surface area contributed by atoms with Gasteiger partial charge in [0.15, 0.2) is 5.69 Å². The van der Waals surface area contributed by atoms with Gasteiger partial charge in [-0.3, -0.25) is 9.59 Å². The first-order valence-electron chi connectivity index (χ1n) is 9.87. The molecule has 1 atom stereocenters. The molecule has 1 N–H and O–H groups in total. The molecule has 1 heterocycles. The summed E-state index contributed by atoms with van der Waals surface area (Å²) in [7, 11) is 2.97. The minimum atomic E-state index is -4.64. The van der Waals surface area contributed by atoms with Gasteiger partial charge in [0.05, 0.1) is 31.5 Å². The van der Waals surface area contributed by atoms with E-state index in [1.54, 1.807) is 25.1 Å². The van der Waals surface area contributed by atoms with E-state index >= 15 is 0 Å². The standard InChI is InChI=1S/C23H22F3N3O4/c1-13-11-19(30)21(28-29(13)18-8-6-5-7-17(18)23(24,25)26)22(31)27-14(2)16-10-9-15(32-3)12-20(16)33-4/h5-12,14H,1-4H3,(H,27,31). The summed E-state index contributed by atoms with van der Waals surface area (Å²) in [5.74, 6) is 0.180. The van der Waals surface area contributed by atoms with E-state index in [0.29, 0.717) is 17.1 Å². The zero-order valence-electron chi connectivity index (χ0n) is 18.4. The summed E-state index contributed by atoms with van der Waals surface area (Å²) in [6.07, 6.45) is -4.64. The third-order valence-corrected chi connectivity index (χ3v) is 5.01. The zero-order chi connectivity index (χ0) is 24.3. The highest BCUT2D eigenvalue weighted by Crippen LogP contribution is 2.34. The lowest BCUT2D eigenvalue weighted by Crippen LogP contribution is -2.34. The van der Waals surface area contributed by atoms with E-state index in [1.165, 1.54) is 39.3 Å². The van der Waals surface area contributed by atoms with Crippen LogP contribution in [0.5, 0.6) is 11.5 Å². The number of ether oxygens (including phenoxy) is 2. The average molecular weight is 461 g/mol. The molecule has 10 heteroatoms. The largest absolute Gasteiger partial charge is 0.497 e. The highest BCUT2D eigenvalue weighted by atomic mass is 19.4. The van der Waals surface area contributed by atoms with E-state index in [9.17, 15) is 22.8 Å². The monoisotopic (exact) mass is 461 g/mol. The Morgan fingerprint density at radius 1 is 1.09 bits per heavy atom. The quantitative estimate of drug-likeness (QED) is 0.599. The van der Waals surface area contributed by atoms with Crippen molar-refractivity contribution in [3.05, 3.63) is 81.3 Å². The second kappa shape index (κ2) is 9.35. The van der Waals surface area contributed by atoms with Crippen molar-refractivity contribution in [2.24, 2.45) is 0 Å². The summed E-state index contributed by atoms with van der Waals surface area (Å²) < 4.78 is 51.9.